The summed E-state index contributed by atoms with van der Waals surface area (Å²) in [7, 11) is 0. The van der Waals surface area contributed by atoms with E-state index in [4.69, 9.17) is 20.4 Å². The lowest BCUT2D eigenvalue weighted by Crippen LogP contribution is -2.48. The van der Waals surface area contributed by atoms with E-state index in [-0.39, 0.29) is 17.5 Å². The van der Waals surface area contributed by atoms with Crippen molar-refractivity contribution >= 4 is 23.4 Å². The van der Waals surface area contributed by atoms with Crippen molar-refractivity contribution in [3.63, 3.8) is 0 Å². The van der Waals surface area contributed by atoms with Crippen LogP contribution in [0.4, 0.5) is 5.88 Å². The van der Waals surface area contributed by atoms with Gasteiger partial charge in [-0.2, -0.15) is 10.2 Å². The Morgan fingerprint density at radius 1 is 1.15 bits per heavy atom. The van der Waals surface area contributed by atoms with Crippen molar-refractivity contribution in [1.29, 1.82) is 5.26 Å². The summed E-state index contributed by atoms with van der Waals surface area (Å²) in [6.07, 6.45) is 1.52. The average molecular weight is 383 g/mol. The number of anilines is 1. The minimum Gasteiger partial charge on any atom is -0.459 e. The molecule has 1 aliphatic rings. The molecule has 1 aromatic carbocycles. The van der Waals surface area contributed by atoms with E-state index < -0.39 is 0 Å². The van der Waals surface area contributed by atoms with E-state index in [2.05, 4.69) is 11.1 Å². The fraction of sp³-hybridized carbons (Fsp3) is 0.211. The largest absolute Gasteiger partial charge is 0.459 e. The Hall–Kier alpha value is -3.24. The Morgan fingerprint density at radius 2 is 1.89 bits per heavy atom. The van der Waals surface area contributed by atoms with E-state index in [0.29, 0.717) is 48.4 Å². The zero-order valence-corrected chi connectivity index (χ0v) is 15.0. The number of halogens is 1. The third-order valence-corrected chi connectivity index (χ3v) is 4.64. The first-order valence-electron chi connectivity index (χ1n) is 8.40. The molecule has 27 heavy (non-hydrogen) atoms. The fourth-order valence-electron chi connectivity index (χ4n) is 2.99. The van der Waals surface area contributed by atoms with Crippen LogP contribution in [0.15, 0.2) is 51.5 Å². The Morgan fingerprint density at radius 3 is 2.52 bits per heavy atom. The highest BCUT2D eigenvalue weighted by Gasteiger charge is 2.27. The van der Waals surface area contributed by atoms with E-state index >= 15 is 0 Å². The minimum atomic E-state index is -0.0410. The number of amides is 1. The lowest BCUT2D eigenvalue weighted by atomic mass is 10.2. The quantitative estimate of drug-likeness (QED) is 0.689. The van der Waals surface area contributed by atoms with Crippen LogP contribution in [0.5, 0.6) is 0 Å². The summed E-state index contributed by atoms with van der Waals surface area (Å²) in [5.41, 5.74) is 0.809. The molecular weight excluding hydrogens is 368 g/mol. The van der Waals surface area contributed by atoms with Gasteiger partial charge in [0, 0.05) is 36.8 Å². The van der Waals surface area contributed by atoms with Crippen molar-refractivity contribution < 1.29 is 13.6 Å². The maximum atomic E-state index is 12.6. The highest BCUT2D eigenvalue weighted by atomic mass is 35.5. The monoisotopic (exact) mass is 382 g/mol. The lowest BCUT2D eigenvalue weighted by molar-refractivity contribution is 0.0745. The van der Waals surface area contributed by atoms with Crippen LogP contribution in [-0.2, 0) is 0 Å². The van der Waals surface area contributed by atoms with Gasteiger partial charge in [0.25, 0.3) is 11.8 Å². The molecule has 0 aliphatic carbocycles. The molecule has 0 bridgehead atoms. The second kappa shape index (κ2) is 7.17. The number of hydrogen-bond acceptors (Lipinski definition) is 6. The summed E-state index contributed by atoms with van der Waals surface area (Å²) in [5.74, 6) is 1.10. The first-order valence-corrected chi connectivity index (χ1v) is 8.78. The summed E-state index contributed by atoms with van der Waals surface area (Å²) in [6, 6.07) is 12.4. The van der Waals surface area contributed by atoms with Crippen LogP contribution in [0, 0.1) is 11.3 Å². The highest BCUT2D eigenvalue weighted by molar-refractivity contribution is 6.30. The minimum absolute atomic E-state index is 0.0410. The van der Waals surface area contributed by atoms with E-state index in [9.17, 15) is 10.1 Å². The second-order valence-corrected chi connectivity index (χ2v) is 6.48. The molecule has 3 heterocycles. The van der Waals surface area contributed by atoms with Crippen LogP contribution in [0.2, 0.25) is 5.02 Å². The smallest absolute Gasteiger partial charge is 0.266 e. The van der Waals surface area contributed by atoms with E-state index in [0.717, 1.165) is 0 Å². The molecule has 2 aromatic heterocycles. The van der Waals surface area contributed by atoms with E-state index in [1.165, 1.54) is 6.26 Å². The van der Waals surface area contributed by atoms with Gasteiger partial charge in [-0.1, -0.05) is 11.6 Å². The van der Waals surface area contributed by atoms with Crippen molar-refractivity contribution in [3.05, 3.63) is 58.9 Å². The van der Waals surface area contributed by atoms with Crippen molar-refractivity contribution in [3.8, 4) is 17.7 Å². The van der Waals surface area contributed by atoms with Crippen LogP contribution in [0.3, 0.4) is 0 Å². The number of hydrogen-bond donors (Lipinski definition) is 0. The van der Waals surface area contributed by atoms with Gasteiger partial charge in [-0.3, -0.25) is 4.79 Å². The Labute approximate surface area is 160 Å². The zero-order valence-electron chi connectivity index (χ0n) is 14.3. The van der Waals surface area contributed by atoms with Crippen LogP contribution < -0.4 is 4.90 Å². The standard InChI is InChI=1S/C19H15ClN4O3/c20-14-5-3-13(4-6-14)18(25)23-7-9-24(10-8-23)19-15(12-21)22-17(27-19)16-2-1-11-26-16/h1-6,11H,7-10H2. The number of furan rings is 1. The topological polar surface area (TPSA) is 86.5 Å². The van der Waals surface area contributed by atoms with Gasteiger partial charge < -0.3 is 18.6 Å². The van der Waals surface area contributed by atoms with Crippen LogP contribution in [-0.4, -0.2) is 42.0 Å². The predicted molar refractivity (Wildman–Crippen MR) is 98.5 cm³/mol. The molecule has 0 spiro atoms. The van der Waals surface area contributed by atoms with Crippen LogP contribution in [0.25, 0.3) is 11.7 Å². The normalized spacial score (nSPS) is 14.2. The predicted octanol–water partition coefficient (Wildman–Crippen LogP) is 3.42. The fourth-order valence-corrected chi connectivity index (χ4v) is 3.12. The Balaban J connectivity index is 1.47. The van der Waals surface area contributed by atoms with Crippen molar-refractivity contribution in [2.24, 2.45) is 0 Å². The zero-order chi connectivity index (χ0) is 18.8. The van der Waals surface area contributed by atoms with Crippen molar-refractivity contribution in [1.82, 2.24) is 9.88 Å². The number of benzene rings is 1. The lowest BCUT2D eigenvalue weighted by Gasteiger charge is -2.34. The summed E-state index contributed by atoms with van der Waals surface area (Å²) in [6.45, 7) is 2.12. The molecule has 1 amide bonds. The Bertz CT molecular complexity index is 981. The molecule has 136 valence electrons. The first kappa shape index (κ1) is 17.2. The molecular formula is C19H15ClN4O3. The molecule has 0 saturated carbocycles. The molecule has 0 N–H and O–H groups in total. The molecule has 0 unspecified atom stereocenters. The summed E-state index contributed by atoms with van der Waals surface area (Å²) in [5, 5.41) is 9.96. The van der Waals surface area contributed by atoms with Gasteiger partial charge in [-0.05, 0) is 36.4 Å². The second-order valence-electron chi connectivity index (χ2n) is 6.05. The average Bonchev–Trinajstić information content (AvgIpc) is 3.37. The molecule has 3 aromatic rings. The summed E-state index contributed by atoms with van der Waals surface area (Å²) >= 11 is 5.88. The molecule has 8 heteroatoms. The van der Waals surface area contributed by atoms with Crippen molar-refractivity contribution in [2.75, 3.05) is 31.1 Å². The third kappa shape index (κ3) is 3.39. The maximum Gasteiger partial charge on any atom is 0.266 e. The highest BCUT2D eigenvalue weighted by Crippen LogP contribution is 2.29. The Kier molecular flexibility index (Phi) is 4.57. The van der Waals surface area contributed by atoms with Gasteiger partial charge in [0.1, 0.15) is 6.07 Å². The molecule has 1 fully saturated rings. The number of carbonyl (C=O) groups is 1. The summed E-state index contributed by atoms with van der Waals surface area (Å²) < 4.78 is 11.0. The maximum absolute atomic E-state index is 12.6. The number of nitrogens with zero attached hydrogens (tertiary/aromatic N) is 4. The van der Waals surface area contributed by atoms with E-state index in [1.54, 1.807) is 41.3 Å². The number of oxazole rings is 1. The molecule has 0 radical (unpaired) electrons. The number of piperazine rings is 1. The molecule has 7 nitrogen and oxygen atoms in total. The number of rotatable bonds is 3. The van der Waals surface area contributed by atoms with Crippen LogP contribution in [0.1, 0.15) is 16.1 Å². The van der Waals surface area contributed by atoms with Gasteiger partial charge in [0.2, 0.25) is 11.6 Å². The molecule has 1 saturated heterocycles. The van der Waals surface area contributed by atoms with Gasteiger partial charge in [0.15, 0.2) is 5.76 Å². The van der Waals surface area contributed by atoms with Gasteiger partial charge in [-0.25, -0.2) is 0 Å². The van der Waals surface area contributed by atoms with Crippen molar-refractivity contribution in [2.45, 2.75) is 0 Å². The first-order chi connectivity index (χ1) is 13.2. The van der Waals surface area contributed by atoms with Gasteiger partial charge >= 0.3 is 0 Å². The summed E-state index contributed by atoms with van der Waals surface area (Å²) in [4.78, 5) is 20.5. The van der Waals surface area contributed by atoms with E-state index in [1.807, 2.05) is 4.90 Å². The number of nitriles is 1. The third-order valence-electron chi connectivity index (χ3n) is 4.39. The molecule has 1 aliphatic heterocycles. The number of aromatic nitrogens is 1. The SMILES string of the molecule is N#Cc1nc(-c2ccco2)oc1N1CCN(C(=O)c2ccc(Cl)cc2)CC1. The van der Waals surface area contributed by atoms with Gasteiger partial charge in [-0.15, -0.1) is 0 Å². The number of carbonyl (C=O) groups excluding carboxylic acids is 1. The molecule has 4 rings (SSSR count). The van der Waals surface area contributed by atoms with Gasteiger partial charge in [0.05, 0.1) is 6.26 Å². The van der Waals surface area contributed by atoms with Crippen LogP contribution >= 0.6 is 11.6 Å². The molecule has 0 atom stereocenters.